The highest BCUT2D eigenvalue weighted by atomic mass is 19.3. The molecule has 6 nitrogen and oxygen atoms in total. The molecule has 0 saturated heterocycles. The van der Waals surface area contributed by atoms with Gasteiger partial charge in [0.15, 0.2) is 0 Å². The van der Waals surface area contributed by atoms with Gasteiger partial charge in [-0.3, -0.25) is 25.3 Å². The van der Waals surface area contributed by atoms with Crippen molar-refractivity contribution in [2.45, 2.75) is 13.0 Å². The quantitative estimate of drug-likeness (QED) is 0.500. The zero-order valence-corrected chi connectivity index (χ0v) is 13.3. The lowest BCUT2D eigenvalue weighted by atomic mass is 10.1. The van der Waals surface area contributed by atoms with Gasteiger partial charge in [-0.05, 0) is 29.8 Å². The van der Waals surface area contributed by atoms with Crippen molar-refractivity contribution in [2.75, 3.05) is 0 Å². The first-order valence-electron chi connectivity index (χ1n) is 7.56. The first kappa shape index (κ1) is 17.4. The van der Waals surface area contributed by atoms with E-state index in [4.69, 9.17) is 10.8 Å². The summed E-state index contributed by atoms with van der Waals surface area (Å²) >= 11 is 0. The minimum atomic E-state index is -3.09. The van der Waals surface area contributed by atoms with E-state index in [-0.39, 0.29) is 23.9 Å². The van der Waals surface area contributed by atoms with Crippen LogP contribution in [0.4, 0.5) is 8.78 Å². The van der Waals surface area contributed by atoms with Crippen molar-refractivity contribution in [3.63, 3.8) is 0 Å². The fourth-order valence-corrected chi connectivity index (χ4v) is 2.54. The third-order valence-corrected chi connectivity index (χ3v) is 3.85. The smallest absolute Gasteiger partial charge is 0.312 e. The van der Waals surface area contributed by atoms with Crippen LogP contribution in [0.2, 0.25) is 0 Å². The molecule has 1 aliphatic rings. The van der Waals surface area contributed by atoms with Gasteiger partial charge in [-0.15, -0.1) is 0 Å². The summed E-state index contributed by atoms with van der Waals surface area (Å²) in [6.07, 6.45) is -3.09. The first-order chi connectivity index (χ1) is 12.4. The SMILES string of the molecule is N=C(OC(=N)C(F)F)c1ccc(CN2C(=O)c3ccccc3C2=O)cc1. The van der Waals surface area contributed by atoms with Crippen LogP contribution in [0.5, 0.6) is 0 Å². The molecule has 132 valence electrons. The highest BCUT2D eigenvalue weighted by molar-refractivity contribution is 6.21. The Hall–Kier alpha value is -3.42. The lowest BCUT2D eigenvalue weighted by Crippen LogP contribution is -2.29. The summed E-state index contributed by atoms with van der Waals surface area (Å²) in [5, 5.41) is 14.5. The molecule has 1 heterocycles. The normalized spacial score (nSPS) is 13.1. The lowest BCUT2D eigenvalue weighted by Gasteiger charge is -2.14. The van der Waals surface area contributed by atoms with Crippen LogP contribution in [0.3, 0.4) is 0 Å². The molecule has 1 aliphatic heterocycles. The minimum Gasteiger partial charge on any atom is -0.419 e. The number of hydrogen-bond donors (Lipinski definition) is 2. The summed E-state index contributed by atoms with van der Waals surface area (Å²) in [7, 11) is 0. The van der Waals surface area contributed by atoms with Gasteiger partial charge in [0.2, 0.25) is 5.90 Å². The van der Waals surface area contributed by atoms with Crippen LogP contribution in [-0.2, 0) is 11.3 Å². The van der Waals surface area contributed by atoms with E-state index in [0.717, 1.165) is 4.90 Å². The van der Waals surface area contributed by atoms with Crippen molar-refractivity contribution in [2.24, 2.45) is 0 Å². The Morgan fingerprint density at radius 1 is 0.962 bits per heavy atom. The van der Waals surface area contributed by atoms with Gasteiger partial charge in [0.05, 0.1) is 17.7 Å². The summed E-state index contributed by atoms with van der Waals surface area (Å²) in [5.41, 5.74) is 1.53. The van der Waals surface area contributed by atoms with Crippen molar-refractivity contribution in [3.8, 4) is 0 Å². The average molecular weight is 357 g/mol. The third-order valence-electron chi connectivity index (χ3n) is 3.85. The van der Waals surface area contributed by atoms with Crippen molar-refractivity contribution in [1.29, 1.82) is 10.8 Å². The van der Waals surface area contributed by atoms with E-state index in [1.807, 2.05) is 0 Å². The van der Waals surface area contributed by atoms with E-state index >= 15 is 0 Å². The van der Waals surface area contributed by atoms with E-state index in [1.54, 1.807) is 36.4 Å². The second-order valence-electron chi connectivity index (χ2n) is 5.54. The summed E-state index contributed by atoms with van der Waals surface area (Å²) in [5.74, 6) is -2.64. The molecular formula is C18H13F2N3O3. The van der Waals surface area contributed by atoms with Gasteiger partial charge in [0, 0.05) is 5.56 Å². The highest BCUT2D eigenvalue weighted by Crippen LogP contribution is 2.24. The first-order valence-corrected chi connectivity index (χ1v) is 7.56. The number of alkyl halides is 2. The molecule has 0 atom stereocenters. The van der Waals surface area contributed by atoms with Crippen molar-refractivity contribution in [3.05, 3.63) is 70.8 Å². The van der Waals surface area contributed by atoms with E-state index in [0.29, 0.717) is 16.7 Å². The fourth-order valence-electron chi connectivity index (χ4n) is 2.54. The molecule has 0 radical (unpaired) electrons. The topological polar surface area (TPSA) is 94.3 Å². The standard InChI is InChI=1S/C18H13F2N3O3/c19-14(20)16(22)26-15(21)11-7-5-10(6-8-11)9-23-17(24)12-3-1-2-4-13(12)18(23)25/h1-8,14,21-22H,9H2. The Morgan fingerprint density at radius 2 is 1.50 bits per heavy atom. The van der Waals surface area contributed by atoms with Gasteiger partial charge in [0.25, 0.3) is 17.7 Å². The molecule has 2 aromatic rings. The average Bonchev–Trinajstić information content (AvgIpc) is 2.87. The molecule has 0 unspecified atom stereocenters. The van der Waals surface area contributed by atoms with Gasteiger partial charge in [-0.1, -0.05) is 24.3 Å². The van der Waals surface area contributed by atoms with Crippen molar-refractivity contribution >= 4 is 23.6 Å². The molecule has 3 rings (SSSR count). The van der Waals surface area contributed by atoms with Crippen LogP contribution in [0.1, 0.15) is 31.8 Å². The zero-order valence-electron chi connectivity index (χ0n) is 13.3. The number of nitrogens with one attached hydrogen (secondary N) is 2. The molecule has 2 N–H and O–H groups in total. The number of rotatable bonds is 4. The number of hydrogen-bond acceptors (Lipinski definition) is 5. The lowest BCUT2D eigenvalue weighted by molar-refractivity contribution is 0.0642. The minimum absolute atomic E-state index is 0.0493. The second-order valence-corrected chi connectivity index (χ2v) is 5.54. The number of halogens is 2. The van der Waals surface area contributed by atoms with Gasteiger partial charge in [-0.2, -0.15) is 8.78 Å². The highest BCUT2D eigenvalue weighted by Gasteiger charge is 2.34. The van der Waals surface area contributed by atoms with Crippen LogP contribution in [0.15, 0.2) is 48.5 Å². The van der Waals surface area contributed by atoms with Crippen LogP contribution < -0.4 is 0 Å². The number of ether oxygens (including phenoxy) is 1. The van der Waals surface area contributed by atoms with Crippen LogP contribution in [-0.4, -0.2) is 34.9 Å². The van der Waals surface area contributed by atoms with Gasteiger partial charge >= 0.3 is 6.43 Å². The van der Waals surface area contributed by atoms with E-state index in [1.165, 1.54) is 12.1 Å². The van der Waals surface area contributed by atoms with Crippen molar-refractivity contribution < 1.29 is 23.1 Å². The molecule has 8 heteroatoms. The van der Waals surface area contributed by atoms with E-state index < -0.39 is 18.2 Å². The molecular weight excluding hydrogens is 344 g/mol. The fraction of sp³-hybridized carbons (Fsp3) is 0.111. The summed E-state index contributed by atoms with van der Waals surface area (Å²) in [6, 6.07) is 12.6. The van der Waals surface area contributed by atoms with Gasteiger partial charge < -0.3 is 4.74 Å². The Balaban J connectivity index is 1.71. The van der Waals surface area contributed by atoms with Crippen LogP contribution >= 0.6 is 0 Å². The molecule has 0 spiro atoms. The summed E-state index contributed by atoms with van der Waals surface area (Å²) in [6.45, 7) is 0.0493. The number of amides is 2. The largest absolute Gasteiger partial charge is 0.419 e. The van der Waals surface area contributed by atoms with E-state index in [9.17, 15) is 18.4 Å². The number of carbonyl (C=O) groups is 2. The van der Waals surface area contributed by atoms with Crippen LogP contribution in [0.25, 0.3) is 0 Å². The Morgan fingerprint density at radius 3 is 2.00 bits per heavy atom. The summed E-state index contributed by atoms with van der Waals surface area (Å²) in [4.78, 5) is 25.8. The molecule has 2 amide bonds. The molecule has 0 saturated carbocycles. The second kappa shape index (κ2) is 6.83. The predicted molar refractivity (Wildman–Crippen MR) is 88.7 cm³/mol. The monoisotopic (exact) mass is 357 g/mol. The van der Waals surface area contributed by atoms with Gasteiger partial charge in [0.1, 0.15) is 0 Å². The maximum atomic E-state index is 12.3. The zero-order chi connectivity index (χ0) is 18.8. The maximum Gasteiger partial charge on any atom is 0.312 e. The number of carbonyl (C=O) groups excluding carboxylic acids is 2. The Kier molecular flexibility index (Phi) is 4.57. The number of imide groups is 1. The number of benzene rings is 2. The Bertz CT molecular complexity index is 875. The number of fused-ring (bicyclic) bond motifs is 1. The molecule has 0 bridgehead atoms. The van der Waals surface area contributed by atoms with E-state index in [2.05, 4.69) is 4.74 Å². The molecule has 26 heavy (non-hydrogen) atoms. The Labute approximate surface area is 147 Å². The molecule has 0 aliphatic carbocycles. The van der Waals surface area contributed by atoms with Crippen LogP contribution in [0, 0.1) is 10.8 Å². The summed E-state index contributed by atoms with van der Waals surface area (Å²) < 4.78 is 29.0. The molecule has 0 aromatic heterocycles. The molecule has 0 fully saturated rings. The predicted octanol–water partition coefficient (Wildman–Crippen LogP) is 3.07. The maximum absolute atomic E-state index is 12.3. The van der Waals surface area contributed by atoms with Gasteiger partial charge in [-0.25, -0.2) is 0 Å². The third kappa shape index (κ3) is 3.21. The number of nitrogens with zero attached hydrogens (tertiary/aromatic N) is 1. The van der Waals surface area contributed by atoms with Crippen molar-refractivity contribution in [1.82, 2.24) is 4.90 Å². The molecule has 2 aromatic carbocycles.